The third-order valence-electron chi connectivity index (χ3n) is 5.56. The van der Waals surface area contributed by atoms with Gasteiger partial charge in [-0.3, -0.25) is 5.32 Å². The Balaban J connectivity index is 1.61. The van der Waals surface area contributed by atoms with Crippen molar-refractivity contribution < 1.29 is 18.7 Å². The largest absolute Gasteiger partial charge is 0.465 e. The van der Waals surface area contributed by atoms with Crippen molar-refractivity contribution in [1.82, 2.24) is 4.90 Å². The third kappa shape index (κ3) is 3.39. The summed E-state index contributed by atoms with van der Waals surface area (Å²) in [6, 6.07) is 6.00. The second-order valence-corrected chi connectivity index (χ2v) is 8.31. The van der Waals surface area contributed by atoms with Crippen molar-refractivity contribution >= 4 is 28.3 Å². The number of anilines is 1. The molecule has 2 heterocycles. The van der Waals surface area contributed by atoms with Crippen molar-refractivity contribution in [3.63, 3.8) is 0 Å². The number of nitrogens with one attached hydrogen (secondary N) is 1. The van der Waals surface area contributed by atoms with E-state index in [1.807, 2.05) is 0 Å². The molecule has 28 heavy (non-hydrogen) atoms. The van der Waals surface area contributed by atoms with Crippen molar-refractivity contribution in [1.29, 1.82) is 0 Å². The Labute approximate surface area is 167 Å². The molecule has 1 unspecified atom stereocenters. The summed E-state index contributed by atoms with van der Waals surface area (Å²) in [6.45, 7) is 0.559. The minimum absolute atomic E-state index is 0.294. The third-order valence-corrected chi connectivity index (χ3v) is 6.77. The normalized spacial score (nSPS) is 18.6. The first-order valence-corrected chi connectivity index (χ1v) is 10.5. The number of nitrogens with zero attached hydrogens (tertiary/aromatic N) is 1. The minimum Gasteiger partial charge on any atom is -0.465 e. The van der Waals surface area contributed by atoms with Crippen LogP contribution in [0.15, 0.2) is 24.3 Å². The lowest BCUT2D eigenvalue weighted by Gasteiger charge is -2.25. The first-order valence-electron chi connectivity index (χ1n) is 9.65. The van der Waals surface area contributed by atoms with Gasteiger partial charge in [-0.2, -0.15) is 0 Å². The molecule has 1 aliphatic carbocycles. The number of ether oxygens (including phenoxy) is 1. The van der Waals surface area contributed by atoms with E-state index in [0.29, 0.717) is 22.7 Å². The molecule has 1 atom stereocenters. The molecule has 7 heteroatoms. The molecule has 1 saturated heterocycles. The number of amides is 2. The number of halogens is 1. The zero-order valence-electron chi connectivity index (χ0n) is 15.8. The highest BCUT2D eigenvalue weighted by molar-refractivity contribution is 7.17. The van der Waals surface area contributed by atoms with E-state index in [-0.39, 0.29) is 17.9 Å². The average molecular weight is 402 g/mol. The molecule has 1 fully saturated rings. The molecule has 148 valence electrons. The van der Waals surface area contributed by atoms with Crippen LogP contribution in [0, 0.1) is 5.82 Å². The van der Waals surface area contributed by atoms with E-state index in [0.717, 1.165) is 49.0 Å². The van der Waals surface area contributed by atoms with Gasteiger partial charge >= 0.3 is 12.0 Å². The highest BCUT2D eigenvalue weighted by Gasteiger charge is 2.33. The second-order valence-electron chi connectivity index (χ2n) is 7.21. The Morgan fingerprint density at radius 1 is 1.21 bits per heavy atom. The predicted molar refractivity (Wildman–Crippen MR) is 106 cm³/mol. The van der Waals surface area contributed by atoms with Gasteiger partial charge in [-0.15, -0.1) is 11.3 Å². The van der Waals surface area contributed by atoms with Gasteiger partial charge in [0.1, 0.15) is 10.8 Å². The summed E-state index contributed by atoms with van der Waals surface area (Å²) in [7, 11) is 1.36. The van der Waals surface area contributed by atoms with Crippen LogP contribution < -0.4 is 5.32 Å². The van der Waals surface area contributed by atoms with Gasteiger partial charge in [0, 0.05) is 17.0 Å². The molecule has 4 rings (SSSR count). The maximum atomic E-state index is 14.3. The predicted octanol–water partition coefficient (Wildman–Crippen LogP) is 4.92. The second kappa shape index (κ2) is 7.91. The molecule has 0 saturated carbocycles. The molecule has 1 aromatic heterocycles. The quantitative estimate of drug-likeness (QED) is 0.741. The summed E-state index contributed by atoms with van der Waals surface area (Å²) >= 11 is 1.46. The summed E-state index contributed by atoms with van der Waals surface area (Å²) < 4.78 is 19.2. The van der Waals surface area contributed by atoms with Gasteiger partial charge in [-0.25, -0.2) is 14.0 Å². The molecule has 0 spiro atoms. The number of hydrogen-bond acceptors (Lipinski definition) is 4. The van der Waals surface area contributed by atoms with Gasteiger partial charge in [0.25, 0.3) is 0 Å². The number of esters is 1. The van der Waals surface area contributed by atoms with E-state index < -0.39 is 5.97 Å². The number of methoxy groups -OCH3 is 1. The van der Waals surface area contributed by atoms with E-state index in [4.69, 9.17) is 4.74 Å². The molecule has 0 bridgehead atoms. The molecular formula is C21H23FN2O3S. The van der Waals surface area contributed by atoms with Gasteiger partial charge in [-0.1, -0.05) is 18.2 Å². The summed E-state index contributed by atoms with van der Waals surface area (Å²) in [4.78, 5) is 28.2. The van der Waals surface area contributed by atoms with Gasteiger partial charge in [0.15, 0.2) is 0 Å². The summed E-state index contributed by atoms with van der Waals surface area (Å²) in [5.41, 5.74) is 2.02. The van der Waals surface area contributed by atoms with E-state index in [9.17, 15) is 14.0 Å². The Bertz CT molecular complexity index is 911. The van der Waals surface area contributed by atoms with E-state index in [1.54, 1.807) is 23.1 Å². The van der Waals surface area contributed by atoms with Crippen LogP contribution in [0.3, 0.4) is 0 Å². The fraction of sp³-hybridized carbons (Fsp3) is 0.429. The van der Waals surface area contributed by atoms with Crippen molar-refractivity contribution in [2.24, 2.45) is 0 Å². The monoisotopic (exact) mass is 402 g/mol. The molecular weight excluding hydrogens is 379 g/mol. The Kier molecular flexibility index (Phi) is 5.35. The molecule has 1 N–H and O–H groups in total. The Morgan fingerprint density at radius 3 is 2.79 bits per heavy atom. The first-order chi connectivity index (χ1) is 13.6. The molecule has 1 aliphatic heterocycles. The number of urea groups is 1. The number of rotatable bonds is 3. The molecule has 2 amide bonds. The highest BCUT2D eigenvalue weighted by Crippen LogP contribution is 2.40. The SMILES string of the molecule is COC(=O)c1c(NC(=O)N2CCCC2c2ccccc2F)sc2c1CCCC2. The standard InChI is InChI=1S/C21H23FN2O3S/c1-27-20(25)18-14-8-3-5-11-17(14)28-19(18)23-21(26)24-12-6-10-16(24)13-7-2-4-9-15(13)22/h2,4,7,9,16H,3,5-6,8,10-12H2,1H3,(H,23,26). The summed E-state index contributed by atoms with van der Waals surface area (Å²) in [6.07, 6.45) is 5.40. The van der Waals surface area contributed by atoms with Crippen LogP contribution in [0.1, 0.15) is 58.1 Å². The van der Waals surface area contributed by atoms with E-state index in [2.05, 4.69) is 5.32 Å². The van der Waals surface area contributed by atoms with Gasteiger partial charge in [-0.05, 0) is 50.2 Å². The van der Waals surface area contributed by atoms with Crippen LogP contribution in [0.2, 0.25) is 0 Å². The molecule has 5 nitrogen and oxygen atoms in total. The van der Waals surface area contributed by atoms with E-state index >= 15 is 0 Å². The smallest absolute Gasteiger partial charge is 0.341 e. The molecule has 1 aromatic carbocycles. The minimum atomic E-state index is -0.415. The number of benzene rings is 1. The van der Waals surface area contributed by atoms with Crippen LogP contribution in [0.4, 0.5) is 14.2 Å². The molecule has 2 aromatic rings. The lowest BCUT2D eigenvalue weighted by atomic mass is 9.95. The first kappa shape index (κ1) is 18.9. The number of thiophene rings is 1. The van der Waals surface area contributed by atoms with Crippen LogP contribution in [-0.4, -0.2) is 30.6 Å². The van der Waals surface area contributed by atoms with Gasteiger partial charge < -0.3 is 9.64 Å². The van der Waals surface area contributed by atoms with Crippen molar-refractivity contribution in [2.75, 3.05) is 19.0 Å². The molecule has 0 radical (unpaired) electrons. The maximum absolute atomic E-state index is 14.3. The van der Waals surface area contributed by atoms with Gasteiger partial charge in [0.05, 0.1) is 18.7 Å². The number of carbonyl (C=O) groups excluding carboxylic acids is 2. The number of likely N-dealkylation sites (tertiary alicyclic amines) is 1. The van der Waals surface area contributed by atoms with Crippen molar-refractivity contribution in [2.45, 2.75) is 44.6 Å². The Morgan fingerprint density at radius 2 is 2.00 bits per heavy atom. The zero-order chi connectivity index (χ0) is 19.7. The van der Waals surface area contributed by atoms with Gasteiger partial charge in [0.2, 0.25) is 0 Å². The lowest BCUT2D eigenvalue weighted by molar-refractivity contribution is 0.0601. The van der Waals surface area contributed by atoms with Crippen LogP contribution in [0.25, 0.3) is 0 Å². The number of carbonyl (C=O) groups is 2. The van der Waals surface area contributed by atoms with Crippen molar-refractivity contribution in [3.05, 3.63) is 51.7 Å². The van der Waals surface area contributed by atoms with Crippen LogP contribution in [-0.2, 0) is 17.6 Å². The highest BCUT2D eigenvalue weighted by atomic mass is 32.1. The van der Waals surface area contributed by atoms with Crippen LogP contribution in [0.5, 0.6) is 0 Å². The zero-order valence-corrected chi connectivity index (χ0v) is 16.6. The number of fused-ring (bicyclic) bond motifs is 1. The number of hydrogen-bond donors (Lipinski definition) is 1. The fourth-order valence-electron chi connectivity index (χ4n) is 4.22. The van der Waals surface area contributed by atoms with Crippen molar-refractivity contribution in [3.8, 4) is 0 Å². The number of aryl methyl sites for hydroxylation is 1. The molecule has 2 aliphatic rings. The van der Waals surface area contributed by atoms with E-state index in [1.165, 1.54) is 24.5 Å². The maximum Gasteiger partial charge on any atom is 0.341 e. The summed E-state index contributed by atoms with van der Waals surface area (Å²) in [5, 5.41) is 3.47. The summed E-state index contributed by atoms with van der Waals surface area (Å²) in [5.74, 6) is -0.712. The average Bonchev–Trinajstić information content (AvgIpc) is 3.32. The fourth-order valence-corrected chi connectivity index (χ4v) is 5.49. The van der Waals surface area contributed by atoms with Crippen LogP contribution >= 0.6 is 11.3 Å². The topological polar surface area (TPSA) is 58.6 Å². The Hall–Kier alpha value is -2.41. The lowest BCUT2D eigenvalue weighted by Crippen LogP contribution is -2.35.